The van der Waals surface area contributed by atoms with Crippen molar-refractivity contribution in [1.29, 1.82) is 0 Å². The van der Waals surface area contributed by atoms with Gasteiger partial charge in [-0.15, -0.1) is 0 Å². The van der Waals surface area contributed by atoms with E-state index in [0.29, 0.717) is 29.4 Å². The summed E-state index contributed by atoms with van der Waals surface area (Å²) in [6, 6.07) is 16.5. The smallest absolute Gasteiger partial charge is 0.325 e. The molecular formula is C24H24N4O5. The first-order chi connectivity index (χ1) is 15.8. The summed E-state index contributed by atoms with van der Waals surface area (Å²) in [4.78, 5) is 28.8. The minimum absolute atomic E-state index is 0.200. The van der Waals surface area contributed by atoms with Gasteiger partial charge < -0.3 is 20.0 Å². The number of methoxy groups -OCH3 is 1. The molecule has 0 radical (unpaired) electrons. The molecule has 0 aliphatic heterocycles. The van der Waals surface area contributed by atoms with Crippen LogP contribution < -0.4 is 25.7 Å². The molecule has 9 heteroatoms. The van der Waals surface area contributed by atoms with E-state index in [4.69, 9.17) is 4.74 Å². The molecular weight excluding hydrogens is 424 g/mol. The van der Waals surface area contributed by atoms with Crippen LogP contribution in [0.15, 0.2) is 64.2 Å². The molecule has 4 rings (SSSR count). The van der Waals surface area contributed by atoms with Gasteiger partial charge in [0, 0.05) is 19.4 Å². The van der Waals surface area contributed by atoms with E-state index in [1.807, 2.05) is 41.8 Å². The fraction of sp³-hybridized carbons (Fsp3) is 0.208. The summed E-state index contributed by atoms with van der Waals surface area (Å²) in [5.74, 6) is -0.870. The highest BCUT2D eigenvalue weighted by atomic mass is 16.5. The number of aromatic amines is 2. The number of H-pyrrole nitrogens is 2. The summed E-state index contributed by atoms with van der Waals surface area (Å²) in [6.45, 7) is 4.01. The van der Waals surface area contributed by atoms with Gasteiger partial charge in [-0.05, 0) is 33.9 Å². The number of hydrogen-bond acceptors (Lipinski definition) is 5. The van der Waals surface area contributed by atoms with Crippen LogP contribution in [0.3, 0.4) is 0 Å². The Balaban J connectivity index is 2.02. The first kappa shape index (κ1) is 21.9. The number of rotatable bonds is 6. The first-order valence-corrected chi connectivity index (χ1v) is 10.3. The zero-order valence-electron chi connectivity index (χ0n) is 18.5. The molecule has 0 spiro atoms. The molecule has 0 aliphatic rings. The monoisotopic (exact) mass is 448 g/mol. The molecule has 3 N–H and O–H groups in total. The van der Waals surface area contributed by atoms with Crippen LogP contribution in [-0.4, -0.2) is 27.0 Å². The van der Waals surface area contributed by atoms with E-state index in [2.05, 4.69) is 9.97 Å². The molecule has 0 fully saturated rings. The maximum absolute atomic E-state index is 12.8. The normalized spacial score (nSPS) is 12.0. The van der Waals surface area contributed by atoms with E-state index in [0.717, 1.165) is 16.0 Å². The Hall–Kier alpha value is -4.27. The average molecular weight is 448 g/mol. The number of imidazole rings is 1. The zero-order chi connectivity index (χ0) is 23.7. The molecule has 0 amide bonds. The van der Waals surface area contributed by atoms with Gasteiger partial charge in [-0.2, -0.15) is 0 Å². The van der Waals surface area contributed by atoms with Crippen LogP contribution in [-0.2, 0) is 6.54 Å². The maximum Gasteiger partial charge on any atom is 0.325 e. The van der Waals surface area contributed by atoms with E-state index < -0.39 is 23.0 Å². The lowest BCUT2D eigenvalue weighted by molar-refractivity contribution is -0.702. The summed E-state index contributed by atoms with van der Waals surface area (Å²) in [5, 5.41) is 23.9. The SMILES string of the molecule is COc1ccc(C(c2c([O-])[nH]c(=O)[nH]c2=O)c2n(O)c(C)c(C)[n+]2Cc2ccccc2)cc1. The second kappa shape index (κ2) is 8.70. The summed E-state index contributed by atoms with van der Waals surface area (Å²) in [7, 11) is 1.54. The van der Waals surface area contributed by atoms with E-state index in [9.17, 15) is 19.9 Å². The minimum atomic E-state index is -0.967. The average Bonchev–Trinajstić information content (AvgIpc) is 3.00. The Kier molecular flexibility index (Phi) is 5.78. The van der Waals surface area contributed by atoms with Crippen molar-refractivity contribution >= 4 is 0 Å². The number of benzene rings is 2. The Labute approximate surface area is 189 Å². The lowest BCUT2D eigenvalue weighted by Gasteiger charge is -2.20. The predicted molar refractivity (Wildman–Crippen MR) is 118 cm³/mol. The summed E-state index contributed by atoms with van der Waals surface area (Å²) < 4.78 is 8.10. The number of nitrogens with one attached hydrogen (secondary N) is 2. The van der Waals surface area contributed by atoms with Crippen LogP contribution in [0.25, 0.3) is 0 Å². The number of aromatic nitrogens is 4. The summed E-state index contributed by atoms with van der Waals surface area (Å²) in [6.07, 6.45) is 0. The highest BCUT2D eigenvalue weighted by Gasteiger charge is 2.37. The van der Waals surface area contributed by atoms with Gasteiger partial charge in [-0.25, -0.2) is 9.36 Å². The van der Waals surface area contributed by atoms with Crippen molar-refractivity contribution in [3.63, 3.8) is 0 Å². The predicted octanol–water partition coefficient (Wildman–Crippen LogP) is 1.32. The van der Waals surface area contributed by atoms with Crippen molar-refractivity contribution in [2.24, 2.45) is 0 Å². The van der Waals surface area contributed by atoms with Crippen LogP contribution in [0, 0.1) is 13.8 Å². The zero-order valence-corrected chi connectivity index (χ0v) is 18.5. The number of nitrogens with zero attached hydrogens (tertiary/aromatic N) is 2. The summed E-state index contributed by atoms with van der Waals surface area (Å²) in [5.41, 5.74) is 0.979. The molecule has 33 heavy (non-hydrogen) atoms. The van der Waals surface area contributed by atoms with E-state index >= 15 is 0 Å². The van der Waals surface area contributed by atoms with Gasteiger partial charge in [0.2, 0.25) is 0 Å². The highest BCUT2D eigenvalue weighted by molar-refractivity contribution is 5.42. The van der Waals surface area contributed by atoms with Crippen molar-refractivity contribution in [3.8, 4) is 11.6 Å². The first-order valence-electron chi connectivity index (χ1n) is 10.3. The molecule has 2 aromatic heterocycles. The minimum Gasteiger partial charge on any atom is -0.860 e. The fourth-order valence-electron chi connectivity index (χ4n) is 4.03. The largest absolute Gasteiger partial charge is 0.860 e. The molecule has 2 aromatic carbocycles. The molecule has 4 aromatic rings. The quantitative estimate of drug-likeness (QED) is 0.303. The van der Waals surface area contributed by atoms with Gasteiger partial charge in [0.05, 0.1) is 7.11 Å². The third kappa shape index (κ3) is 4.00. The molecule has 9 nitrogen and oxygen atoms in total. The van der Waals surface area contributed by atoms with Crippen molar-refractivity contribution in [2.75, 3.05) is 7.11 Å². The van der Waals surface area contributed by atoms with Crippen molar-refractivity contribution < 1.29 is 19.6 Å². The van der Waals surface area contributed by atoms with Crippen molar-refractivity contribution in [2.45, 2.75) is 26.3 Å². The molecule has 0 bridgehead atoms. The van der Waals surface area contributed by atoms with Gasteiger partial charge in [0.15, 0.2) is 5.69 Å². The van der Waals surface area contributed by atoms with Gasteiger partial charge in [0.25, 0.3) is 5.56 Å². The Morgan fingerprint density at radius 3 is 2.33 bits per heavy atom. The van der Waals surface area contributed by atoms with Crippen LogP contribution in [0.1, 0.15) is 39.8 Å². The second-order valence-electron chi connectivity index (χ2n) is 7.77. The van der Waals surface area contributed by atoms with Crippen molar-refractivity contribution in [3.05, 3.63) is 109 Å². The van der Waals surface area contributed by atoms with Crippen LogP contribution >= 0.6 is 0 Å². The lowest BCUT2D eigenvalue weighted by atomic mass is 9.91. The van der Waals surface area contributed by atoms with Crippen LogP contribution in [0.2, 0.25) is 0 Å². The number of hydrogen-bond donors (Lipinski definition) is 3. The molecule has 0 saturated carbocycles. The Morgan fingerprint density at radius 2 is 1.73 bits per heavy atom. The van der Waals surface area contributed by atoms with Crippen molar-refractivity contribution in [1.82, 2.24) is 14.7 Å². The third-order valence-electron chi connectivity index (χ3n) is 5.86. The maximum atomic E-state index is 12.8. The Bertz CT molecular complexity index is 1400. The third-order valence-corrected chi connectivity index (χ3v) is 5.86. The van der Waals surface area contributed by atoms with Gasteiger partial charge in [-0.3, -0.25) is 9.78 Å². The van der Waals surface area contributed by atoms with E-state index in [-0.39, 0.29) is 5.56 Å². The topological polar surface area (TPSA) is 127 Å². The van der Waals surface area contributed by atoms with Gasteiger partial charge in [0.1, 0.15) is 23.9 Å². The molecule has 2 heterocycles. The highest BCUT2D eigenvalue weighted by Crippen LogP contribution is 2.33. The molecule has 0 saturated heterocycles. The standard InChI is InChI=1S/C24H24N4O5/c1-14-15(2)28(32)23(27(14)13-16-7-5-4-6-8-16)19(17-9-11-18(33-3)12-10-17)20-21(29)25-24(31)26-22(20)30/h4-12,19H,13H2,1-3H3,(H3-,25,26,29,30,31,32). The summed E-state index contributed by atoms with van der Waals surface area (Å²) >= 11 is 0. The fourth-order valence-corrected chi connectivity index (χ4v) is 4.03. The lowest BCUT2D eigenvalue weighted by Crippen LogP contribution is -2.43. The van der Waals surface area contributed by atoms with Crippen LogP contribution in [0.5, 0.6) is 11.6 Å². The molecule has 170 valence electrons. The van der Waals surface area contributed by atoms with E-state index in [1.54, 1.807) is 31.2 Å². The van der Waals surface area contributed by atoms with Gasteiger partial charge >= 0.3 is 11.5 Å². The molecule has 0 aliphatic carbocycles. The molecule has 1 unspecified atom stereocenters. The molecule has 1 atom stereocenters. The Morgan fingerprint density at radius 1 is 1.06 bits per heavy atom. The van der Waals surface area contributed by atoms with Gasteiger partial charge in [-0.1, -0.05) is 42.5 Å². The number of ether oxygens (including phenoxy) is 1. The second-order valence-corrected chi connectivity index (χ2v) is 7.77. The van der Waals surface area contributed by atoms with Crippen LogP contribution in [0.4, 0.5) is 0 Å². The van der Waals surface area contributed by atoms with E-state index in [1.165, 1.54) is 7.11 Å².